The van der Waals surface area contributed by atoms with Crippen LogP contribution in [0.15, 0.2) is 53.3 Å². The van der Waals surface area contributed by atoms with E-state index in [9.17, 15) is 4.79 Å². The molecule has 32 heavy (non-hydrogen) atoms. The number of nitrogens with zero attached hydrogens (tertiary/aromatic N) is 5. The molecule has 164 valence electrons. The molecule has 2 heterocycles. The maximum atomic E-state index is 12.4. The van der Waals surface area contributed by atoms with Gasteiger partial charge in [-0.25, -0.2) is 4.98 Å². The normalized spacial score (nSPS) is 11.0. The average Bonchev–Trinajstić information content (AvgIpc) is 3.40. The summed E-state index contributed by atoms with van der Waals surface area (Å²) in [5.74, 6) is 0.533. The molecule has 0 saturated heterocycles. The van der Waals surface area contributed by atoms with Gasteiger partial charge in [0.15, 0.2) is 10.3 Å². The molecule has 0 radical (unpaired) electrons. The fourth-order valence-electron chi connectivity index (χ4n) is 3.13. The summed E-state index contributed by atoms with van der Waals surface area (Å²) < 4.78 is 1.90. The van der Waals surface area contributed by atoms with Gasteiger partial charge in [-0.1, -0.05) is 35.5 Å². The molecule has 9 heteroatoms. The van der Waals surface area contributed by atoms with Gasteiger partial charge in [-0.15, -0.1) is 21.5 Å². The van der Waals surface area contributed by atoms with E-state index < -0.39 is 0 Å². The number of thioether (sulfide) groups is 1. The second-order valence-electron chi connectivity index (χ2n) is 7.45. The van der Waals surface area contributed by atoms with E-state index >= 15 is 0 Å². The average molecular weight is 484 g/mol. The van der Waals surface area contributed by atoms with Gasteiger partial charge in [-0.3, -0.25) is 14.3 Å². The largest absolute Gasteiger partial charge is 0.277 e. The molecule has 6 nitrogen and oxygen atoms in total. The van der Waals surface area contributed by atoms with Crippen LogP contribution in [0, 0.1) is 20.8 Å². The molecule has 0 N–H and O–H groups in total. The van der Waals surface area contributed by atoms with Crippen molar-refractivity contribution in [3.63, 3.8) is 0 Å². The molecule has 0 spiro atoms. The van der Waals surface area contributed by atoms with Crippen LogP contribution in [0.1, 0.15) is 29.3 Å². The van der Waals surface area contributed by atoms with Crippen LogP contribution in [0.2, 0.25) is 5.02 Å². The number of aryl methyl sites for hydroxylation is 3. The number of hydrogen-bond donors (Lipinski definition) is 0. The number of hydrogen-bond acceptors (Lipinski definition) is 6. The minimum absolute atomic E-state index is 0.0715. The molecule has 0 saturated carbocycles. The van der Waals surface area contributed by atoms with Gasteiger partial charge in [-0.05, 0) is 61.7 Å². The third-order valence-electron chi connectivity index (χ3n) is 5.09. The van der Waals surface area contributed by atoms with Gasteiger partial charge in [0, 0.05) is 23.1 Å². The molecule has 2 aromatic carbocycles. The molecule has 0 aliphatic heterocycles. The summed E-state index contributed by atoms with van der Waals surface area (Å²) in [6, 6.07) is 11.9. The zero-order valence-electron chi connectivity index (χ0n) is 18.2. The Hall–Kier alpha value is -2.68. The lowest BCUT2D eigenvalue weighted by Gasteiger charge is -2.19. The van der Waals surface area contributed by atoms with Crippen LogP contribution < -0.4 is 4.90 Å². The molecule has 0 aliphatic rings. The Labute approximate surface area is 200 Å². The lowest BCUT2D eigenvalue weighted by atomic mass is 10.1. The van der Waals surface area contributed by atoms with Crippen molar-refractivity contribution in [2.45, 2.75) is 38.6 Å². The minimum atomic E-state index is -0.0715. The molecule has 4 rings (SSSR count). The zero-order chi connectivity index (χ0) is 22.8. The first kappa shape index (κ1) is 22.5. The summed E-state index contributed by atoms with van der Waals surface area (Å²) in [6.07, 6.45) is 1.67. The monoisotopic (exact) mass is 483 g/mol. The number of thiazole rings is 1. The van der Waals surface area contributed by atoms with Crippen molar-refractivity contribution in [3.05, 3.63) is 75.5 Å². The SMILES string of the molecule is CC(=O)N(c1ccc(C)c(C)c1)c1nc(CSc2nncn2-c2ccc(C)c(Cl)c2)cs1. The van der Waals surface area contributed by atoms with Gasteiger partial charge in [0.25, 0.3) is 0 Å². The lowest BCUT2D eigenvalue weighted by Crippen LogP contribution is -2.22. The lowest BCUT2D eigenvalue weighted by molar-refractivity contribution is -0.115. The minimum Gasteiger partial charge on any atom is -0.277 e. The Balaban J connectivity index is 1.53. The highest BCUT2D eigenvalue weighted by atomic mass is 35.5. The highest BCUT2D eigenvalue weighted by Gasteiger charge is 2.19. The molecule has 2 aromatic heterocycles. The summed E-state index contributed by atoms with van der Waals surface area (Å²) in [4.78, 5) is 18.8. The van der Waals surface area contributed by atoms with Crippen LogP contribution in [-0.2, 0) is 10.5 Å². The van der Waals surface area contributed by atoms with Crippen LogP contribution >= 0.6 is 34.7 Å². The summed E-state index contributed by atoms with van der Waals surface area (Å²) in [5.41, 5.74) is 5.95. The van der Waals surface area contributed by atoms with E-state index in [2.05, 4.69) is 17.1 Å². The van der Waals surface area contributed by atoms with Gasteiger partial charge < -0.3 is 0 Å². The number of anilines is 2. The van der Waals surface area contributed by atoms with Crippen LogP contribution in [0.5, 0.6) is 0 Å². The number of halogens is 1. The summed E-state index contributed by atoms with van der Waals surface area (Å²) in [7, 11) is 0. The fraction of sp³-hybridized carbons (Fsp3) is 0.217. The first-order valence-electron chi connectivity index (χ1n) is 9.95. The topological polar surface area (TPSA) is 63.9 Å². The van der Waals surface area contributed by atoms with E-state index in [1.54, 1.807) is 18.2 Å². The summed E-state index contributed by atoms with van der Waals surface area (Å²) in [5, 5.41) is 12.4. The molecule has 0 bridgehead atoms. The Morgan fingerprint density at radius 3 is 2.62 bits per heavy atom. The van der Waals surface area contributed by atoms with Crippen molar-refractivity contribution in [2.75, 3.05) is 4.90 Å². The van der Waals surface area contributed by atoms with Gasteiger partial charge >= 0.3 is 0 Å². The van der Waals surface area contributed by atoms with E-state index in [-0.39, 0.29) is 5.91 Å². The predicted octanol–water partition coefficient (Wildman–Crippen LogP) is 6.28. The quantitative estimate of drug-likeness (QED) is 0.302. The van der Waals surface area contributed by atoms with Crippen molar-refractivity contribution < 1.29 is 4.79 Å². The van der Waals surface area contributed by atoms with E-state index in [0.29, 0.717) is 15.9 Å². The van der Waals surface area contributed by atoms with Gasteiger partial charge in [0.1, 0.15) is 6.33 Å². The molecule has 4 aromatic rings. The second-order valence-corrected chi connectivity index (χ2v) is 9.64. The van der Waals surface area contributed by atoms with E-state index in [4.69, 9.17) is 16.6 Å². The molecule has 0 unspecified atom stereocenters. The predicted molar refractivity (Wildman–Crippen MR) is 132 cm³/mol. The van der Waals surface area contributed by atoms with Crippen molar-refractivity contribution in [2.24, 2.45) is 0 Å². The van der Waals surface area contributed by atoms with Crippen LogP contribution in [-0.4, -0.2) is 25.7 Å². The third kappa shape index (κ3) is 4.72. The van der Waals surface area contributed by atoms with Crippen molar-refractivity contribution >= 4 is 51.4 Å². The van der Waals surface area contributed by atoms with Gasteiger partial charge in [0.2, 0.25) is 5.91 Å². The number of aromatic nitrogens is 4. The summed E-state index contributed by atoms with van der Waals surface area (Å²) >= 11 is 9.27. The highest BCUT2D eigenvalue weighted by molar-refractivity contribution is 7.98. The van der Waals surface area contributed by atoms with Crippen molar-refractivity contribution in [3.8, 4) is 5.69 Å². The number of rotatable bonds is 6. The Morgan fingerprint density at radius 1 is 1.12 bits per heavy atom. The van der Waals surface area contributed by atoms with E-state index in [1.165, 1.54) is 28.7 Å². The van der Waals surface area contributed by atoms with Crippen molar-refractivity contribution in [1.29, 1.82) is 0 Å². The Kier molecular flexibility index (Phi) is 6.64. The number of carbonyl (C=O) groups is 1. The first-order chi connectivity index (χ1) is 15.3. The molecule has 1 amide bonds. The number of carbonyl (C=O) groups excluding carboxylic acids is 1. The van der Waals surface area contributed by atoms with E-state index in [0.717, 1.165) is 33.4 Å². The fourth-order valence-corrected chi connectivity index (χ4v) is 5.12. The molecular weight excluding hydrogens is 462 g/mol. The molecule has 0 aliphatic carbocycles. The number of amides is 1. The van der Waals surface area contributed by atoms with Crippen LogP contribution in [0.25, 0.3) is 5.69 Å². The van der Waals surface area contributed by atoms with E-state index in [1.807, 2.05) is 60.2 Å². The second kappa shape index (κ2) is 9.44. The number of benzene rings is 2. The Morgan fingerprint density at radius 2 is 1.91 bits per heavy atom. The van der Waals surface area contributed by atoms with Crippen molar-refractivity contribution in [1.82, 2.24) is 19.7 Å². The maximum absolute atomic E-state index is 12.4. The standard InChI is InChI=1S/C23H22ClN5OS2/c1-14-5-8-20(9-16(14)3)29(17(4)30)22-26-18(11-31-22)12-32-23-27-25-13-28(23)19-7-6-15(2)21(24)10-19/h5-11,13H,12H2,1-4H3. The molecule has 0 fully saturated rings. The maximum Gasteiger partial charge on any atom is 0.230 e. The summed E-state index contributed by atoms with van der Waals surface area (Å²) in [6.45, 7) is 7.62. The van der Waals surface area contributed by atoms with Gasteiger partial charge in [-0.2, -0.15) is 0 Å². The van der Waals surface area contributed by atoms with Crippen LogP contribution in [0.3, 0.4) is 0 Å². The zero-order valence-corrected chi connectivity index (χ0v) is 20.6. The first-order valence-corrected chi connectivity index (χ1v) is 12.2. The smallest absolute Gasteiger partial charge is 0.230 e. The van der Waals surface area contributed by atoms with Gasteiger partial charge in [0.05, 0.1) is 17.1 Å². The molecular formula is C23H22ClN5OS2. The third-order valence-corrected chi connectivity index (χ3v) is 7.35. The Bertz CT molecular complexity index is 1280. The molecule has 0 atom stereocenters. The highest BCUT2D eigenvalue weighted by Crippen LogP contribution is 2.32. The van der Waals surface area contributed by atoms with Crippen LogP contribution in [0.4, 0.5) is 10.8 Å².